The highest BCUT2D eigenvalue weighted by Crippen LogP contribution is 2.30. The van der Waals surface area contributed by atoms with Crippen LogP contribution in [0.3, 0.4) is 0 Å². The molecule has 3 aromatic rings. The molecular weight excluding hydrogens is 288 g/mol. The molecule has 0 fully saturated rings. The second-order valence-electron chi connectivity index (χ2n) is 5.61. The van der Waals surface area contributed by atoms with Gasteiger partial charge in [0.1, 0.15) is 5.75 Å². The van der Waals surface area contributed by atoms with Crippen LogP contribution in [0.1, 0.15) is 12.5 Å². The van der Waals surface area contributed by atoms with Crippen LogP contribution in [0.2, 0.25) is 0 Å². The molecule has 5 nitrogen and oxygen atoms in total. The van der Waals surface area contributed by atoms with E-state index in [0.717, 1.165) is 46.8 Å². The molecule has 4 rings (SSSR count). The van der Waals surface area contributed by atoms with Gasteiger partial charge in [-0.25, -0.2) is 15.0 Å². The second kappa shape index (κ2) is 5.35. The summed E-state index contributed by atoms with van der Waals surface area (Å²) in [5.41, 5.74) is 9.55. The normalized spacial score (nSPS) is 13.9. The van der Waals surface area contributed by atoms with Crippen LogP contribution in [0.15, 0.2) is 47.6 Å². The Bertz CT molecular complexity index is 929. The predicted molar refractivity (Wildman–Crippen MR) is 91.1 cm³/mol. The lowest BCUT2D eigenvalue weighted by atomic mass is 10.1. The number of fused-ring (bicyclic) bond motifs is 2. The van der Waals surface area contributed by atoms with E-state index in [9.17, 15) is 0 Å². The summed E-state index contributed by atoms with van der Waals surface area (Å²) in [6.07, 6.45) is 2.77. The standard InChI is InChI=1S/C18H16N4O/c1-11(19)21-15-3-4-16-14(9-15)10-20-18(22-16)13-2-5-17-12(8-13)6-7-23-17/h2-5,8-10H,6-7H2,1H3,(H2,19,21). The molecule has 2 aromatic carbocycles. The smallest absolute Gasteiger partial charge is 0.159 e. The van der Waals surface area contributed by atoms with Gasteiger partial charge in [0.2, 0.25) is 0 Å². The first-order chi connectivity index (χ1) is 11.2. The highest BCUT2D eigenvalue weighted by atomic mass is 16.5. The van der Waals surface area contributed by atoms with Crippen molar-refractivity contribution < 1.29 is 4.74 Å². The molecule has 0 spiro atoms. The Morgan fingerprint density at radius 3 is 3.00 bits per heavy atom. The molecule has 114 valence electrons. The molecule has 0 amide bonds. The van der Waals surface area contributed by atoms with Crippen LogP contribution in [0.5, 0.6) is 5.75 Å². The lowest BCUT2D eigenvalue weighted by Gasteiger charge is -2.05. The second-order valence-corrected chi connectivity index (χ2v) is 5.61. The van der Waals surface area contributed by atoms with Gasteiger partial charge in [-0.3, -0.25) is 0 Å². The van der Waals surface area contributed by atoms with Gasteiger partial charge in [0.25, 0.3) is 0 Å². The Hall–Kier alpha value is -2.95. The molecule has 0 radical (unpaired) electrons. The van der Waals surface area contributed by atoms with E-state index in [2.05, 4.69) is 21.0 Å². The minimum Gasteiger partial charge on any atom is -0.493 e. The highest BCUT2D eigenvalue weighted by Gasteiger charge is 2.13. The van der Waals surface area contributed by atoms with Gasteiger partial charge in [-0.1, -0.05) is 0 Å². The molecule has 0 saturated carbocycles. The van der Waals surface area contributed by atoms with Crippen molar-refractivity contribution in [3.63, 3.8) is 0 Å². The summed E-state index contributed by atoms with van der Waals surface area (Å²) in [7, 11) is 0. The van der Waals surface area contributed by atoms with E-state index in [1.807, 2.05) is 36.5 Å². The van der Waals surface area contributed by atoms with E-state index in [-0.39, 0.29) is 0 Å². The van der Waals surface area contributed by atoms with Gasteiger partial charge in [0, 0.05) is 23.6 Å². The average molecular weight is 304 g/mol. The van der Waals surface area contributed by atoms with Gasteiger partial charge < -0.3 is 10.5 Å². The fraction of sp³-hybridized carbons (Fsp3) is 0.167. The molecule has 0 saturated heterocycles. The molecular formula is C18H16N4O. The van der Waals surface area contributed by atoms with Gasteiger partial charge in [-0.15, -0.1) is 0 Å². The Morgan fingerprint density at radius 1 is 1.22 bits per heavy atom. The van der Waals surface area contributed by atoms with E-state index in [0.29, 0.717) is 5.84 Å². The van der Waals surface area contributed by atoms with Crippen LogP contribution < -0.4 is 10.5 Å². The third kappa shape index (κ3) is 2.61. The minimum absolute atomic E-state index is 0.530. The van der Waals surface area contributed by atoms with E-state index in [1.165, 1.54) is 5.56 Å². The van der Waals surface area contributed by atoms with Crippen molar-refractivity contribution in [3.05, 3.63) is 48.2 Å². The molecule has 0 atom stereocenters. The number of hydrogen-bond donors (Lipinski definition) is 1. The van der Waals surface area contributed by atoms with Crippen molar-refractivity contribution >= 4 is 22.4 Å². The summed E-state index contributed by atoms with van der Waals surface area (Å²) < 4.78 is 5.54. The Balaban J connectivity index is 1.76. The van der Waals surface area contributed by atoms with E-state index < -0.39 is 0 Å². The number of ether oxygens (including phenoxy) is 1. The number of nitrogens with two attached hydrogens (primary N) is 1. The number of benzene rings is 2. The zero-order chi connectivity index (χ0) is 15.8. The number of nitrogens with zero attached hydrogens (tertiary/aromatic N) is 3. The quantitative estimate of drug-likeness (QED) is 0.582. The largest absolute Gasteiger partial charge is 0.493 e. The maximum absolute atomic E-state index is 5.62. The zero-order valence-electron chi connectivity index (χ0n) is 12.8. The summed E-state index contributed by atoms with van der Waals surface area (Å²) >= 11 is 0. The predicted octanol–water partition coefficient (Wildman–Crippen LogP) is 3.24. The van der Waals surface area contributed by atoms with Crippen molar-refractivity contribution in [1.29, 1.82) is 0 Å². The number of rotatable bonds is 2. The van der Waals surface area contributed by atoms with Crippen LogP contribution in [-0.4, -0.2) is 22.4 Å². The summed E-state index contributed by atoms with van der Waals surface area (Å²) in [5.74, 6) is 2.22. The molecule has 0 bridgehead atoms. The summed E-state index contributed by atoms with van der Waals surface area (Å²) in [5, 5.41) is 0.945. The van der Waals surface area contributed by atoms with E-state index in [1.54, 1.807) is 6.92 Å². The molecule has 1 aromatic heterocycles. The van der Waals surface area contributed by atoms with Crippen molar-refractivity contribution in [3.8, 4) is 17.1 Å². The molecule has 23 heavy (non-hydrogen) atoms. The monoisotopic (exact) mass is 304 g/mol. The van der Waals surface area contributed by atoms with Gasteiger partial charge in [0.05, 0.1) is 23.6 Å². The Morgan fingerprint density at radius 2 is 2.13 bits per heavy atom. The van der Waals surface area contributed by atoms with E-state index >= 15 is 0 Å². The van der Waals surface area contributed by atoms with E-state index in [4.69, 9.17) is 10.5 Å². The number of hydrogen-bond acceptors (Lipinski definition) is 4. The number of aromatic nitrogens is 2. The fourth-order valence-corrected chi connectivity index (χ4v) is 2.76. The summed E-state index contributed by atoms with van der Waals surface area (Å²) in [6, 6.07) is 11.9. The molecule has 5 heteroatoms. The lowest BCUT2D eigenvalue weighted by molar-refractivity contribution is 0.357. The van der Waals surface area contributed by atoms with Crippen molar-refractivity contribution in [2.45, 2.75) is 13.3 Å². The minimum atomic E-state index is 0.530. The van der Waals surface area contributed by atoms with Crippen LogP contribution in [0.25, 0.3) is 22.3 Å². The lowest BCUT2D eigenvalue weighted by Crippen LogP contribution is -2.03. The Kier molecular flexibility index (Phi) is 3.19. The molecule has 1 aliphatic heterocycles. The van der Waals surface area contributed by atoms with Crippen LogP contribution in [0, 0.1) is 0 Å². The van der Waals surface area contributed by atoms with Crippen molar-refractivity contribution in [2.75, 3.05) is 6.61 Å². The third-order valence-electron chi connectivity index (χ3n) is 3.82. The van der Waals surface area contributed by atoms with Gasteiger partial charge in [0.15, 0.2) is 5.82 Å². The summed E-state index contributed by atoms with van der Waals surface area (Å²) in [4.78, 5) is 13.4. The first kappa shape index (κ1) is 13.7. The molecule has 2 N–H and O–H groups in total. The topological polar surface area (TPSA) is 73.4 Å². The maximum atomic E-state index is 5.62. The van der Waals surface area contributed by atoms with Gasteiger partial charge in [-0.2, -0.15) is 0 Å². The van der Waals surface area contributed by atoms with Gasteiger partial charge >= 0.3 is 0 Å². The average Bonchev–Trinajstić information content (AvgIpc) is 3.01. The Labute approximate surface area is 133 Å². The van der Waals surface area contributed by atoms with Crippen LogP contribution >= 0.6 is 0 Å². The van der Waals surface area contributed by atoms with Crippen LogP contribution in [0.4, 0.5) is 5.69 Å². The molecule has 0 aliphatic carbocycles. The molecule has 0 unspecified atom stereocenters. The fourth-order valence-electron chi connectivity index (χ4n) is 2.76. The first-order valence-electron chi connectivity index (χ1n) is 7.53. The maximum Gasteiger partial charge on any atom is 0.159 e. The zero-order valence-corrected chi connectivity index (χ0v) is 12.8. The van der Waals surface area contributed by atoms with Crippen molar-refractivity contribution in [2.24, 2.45) is 10.7 Å². The number of amidine groups is 1. The highest BCUT2D eigenvalue weighted by molar-refractivity contribution is 5.86. The molecule has 2 heterocycles. The molecule has 1 aliphatic rings. The summed E-state index contributed by atoms with van der Waals surface area (Å²) in [6.45, 7) is 2.52. The van der Waals surface area contributed by atoms with Gasteiger partial charge in [-0.05, 0) is 48.9 Å². The van der Waals surface area contributed by atoms with Crippen molar-refractivity contribution in [1.82, 2.24) is 9.97 Å². The SMILES string of the molecule is CC(N)=Nc1ccc2nc(-c3ccc4c(c3)CCO4)ncc2c1. The number of aliphatic imine (C=N–C) groups is 1. The third-order valence-corrected chi connectivity index (χ3v) is 3.82. The first-order valence-corrected chi connectivity index (χ1v) is 7.53. The van der Waals surface area contributed by atoms with Crippen LogP contribution in [-0.2, 0) is 6.42 Å².